The lowest BCUT2D eigenvalue weighted by atomic mass is 9.81. The van der Waals surface area contributed by atoms with E-state index < -0.39 is 0 Å². The van der Waals surface area contributed by atoms with Gasteiger partial charge in [-0.2, -0.15) is 0 Å². The van der Waals surface area contributed by atoms with Gasteiger partial charge in [0.15, 0.2) is 0 Å². The summed E-state index contributed by atoms with van der Waals surface area (Å²) in [6.45, 7) is 9.32. The number of hydrogen-bond acceptors (Lipinski definition) is 1. The van der Waals surface area contributed by atoms with Crippen LogP contribution in [0.3, 0.4) is 0 Å². The van der Waals surface area contributed by atoms with Crippen LogP contribution in [-0.2, 0) is 0 Å². The molecule has 1 fully saturated rings. The van der Waals surface area contributed by atoms with Crippen molar-refractivity contribution in [3.8, 4) is 0 Å². The molecule has 1 rings (SSSR count). The Kier molecular flexibility index (Phi) is 5.11. The Labute approximate surface area is 96.2 Å². The summed E-state index contributed by atoms with van der Waals surface area (Å²) < 4.78 is 0. The van der Waals surface area contributed by atoms with E-state index in [1.165, 1.54) is 32.1 Å². The highest BCUT2D eigenvalue weighted by Crippen LogP contribution is 2.31. The number of hydrogen-bond donors (Lipinski definition) is 0. The van der Waals surface area contributed by atoms with Crippen molar-refractivity contribution in [2.75, 3.05) is 7.05 Å². The van der Waals surface area contributed by atoms with E-state index in [0.717, 1.165) is 17.9 Å². The Morgan fingerprint density at radius 3 is 1.93 bits per heavy atom. The fraction of sp³-hybridized carbons (Fsp3) is 1.00. The highest BCUT2D eigenvalue weighted by Gasteiger charge is 2.25. The van der Waals surface area contributed by atoms with Gasteiger partial charge in [0.05, 0.1) is 0 Å². The molecular formula is C14H29N. The smallest absolute Gasteiger partial charge is 0.00951 e. The second-order valence-electron chi connectivity index (χ2n) is 6.06. The van der Waals surface area contributed by atoms with Crippen molar-refractivity contribution >= 4 is 0 Å². The van der Waals surface area contributed by atoms with Crippen LogP contribution in [0.5, 0.6) is 0 Å². The monoisotopic (exact) mass is 211 g/mol. The predicted octanol–water partition coefficient (Wildman–Crippen LogP) is 3.93. The van der Waals surface area contributed by atoms with Gasteiger partial charge in [0.2, 0.25) is 0 Å². The van der Waals surface area contributed by atoms with Crippen molar-refractivity contribution in [1.29, 1.82) is 0 Å². The summed E-state index contributed by atoms with van der Waals surface area (Å²) >= 11 is 0. The molecule has 1 saturated carbocycles. The zero-order valence-corrected chi connectivity index (χ0v) is 11.3. The molecule has 0 atom stereocenters. The predicted molar refractivity (Wildman–Crippen MR) is 68.1 cm³/mol. The van der Waals surface area contributed by atoms with Crippen LogP contribution < -0.4 is 0 Å². The van der Waals surface area contributed by atoms with Gasteiger partial charge in [-0.25, -0.2) is 0 Å². The van der Waals surface area contributed by atoms with Crippen LogP contribution in [0.25, 0.3) is 0 Å². The third-order valence-electron chi connectivity index (χ3n) is 4.01. The van der Waals surface area contributed by atoms with E-state index in [2.05, 4.69) is 39.6 Å². The largest absolute Gasteiger partial charge is 0.301 e. The molecule has 0 aromatic heterocycles. The Balaban J connectivity index is 2.29. The Bertz CT molecular complexity index is 166. The van der Waals surface area contributed by atoms with Gasteiger partial charge in [-0.15, -0.1) is 0 Å². The SMILES string of the molecule is CC(C)CC1CCC(N(C)C(C)C)CC1. The molecule has 90 valence electrons. The van der Waals surface area contributed by atoms with Gasteiger partial charge in [-0.1, -0.05) is 13.8 Å². The van der Waals surface area contributed by atoms with Gasteiger partial charge in [-0.05, 0) is 64.8 Å². The molecular weight excluding hydrogens is 182 g/mol. The molecule has 0 saturated heterocycles. The first-order valence-corrected chi connectivity index (χ1v) is 6.72. The van der Waals surface area contributed by atoms with Crippen molar-refractivity contribution in [2.24, 2.45) is 11.8 Å². The first-order chi connectivity index (χ1) is 7.00. The second kappa shape index (κ2) is 5.89. The summed E-state index contributed by atoms with van der Waals surface area (Å²) in [6.07, 6.45) is 7.20. The molecule has 0 aliphatic heterocycles. The van der Waals surface area contributed by atoms with E-state index in [0.29, 0.717) is 6.04 Å². The molecule has 0 radical (unpaired) electrons. The van der Waals surface area contributed by atoms with Crippen molar-refractivity contribution in [3.05, 3.63) is 0 Å². The van der Waals surface area contributed by atoms with E-state index in [1.54, 1.807) is 0 Å². The van der Waals surface area contributed by atoms with Crippen molar-refractivity contribution in [1.82, 2.24) is 4.90 Å². The summed E-state index contributed by atoms with van der Waals surface area (Å²) in [6, 6.07) is 1.56. The van der Waals surface area contributed by atoms with Crippen LogP contribution in [0.2, 0.25) is 0 Å². The highest BCUT2D eigenvalue weighted by molar-refractivity contribution is 4.79. The van der Waals surface area contributed by atoms with Gasteiger partial charge in [0, 0.05) is 12.1 Å². The van der Waals surface area contributed by atoms with Gasteiger partial charge in [0.1, 0.15) is 0 Å². The molecule has 1 nitrogen and oxygen atoms in total. The first-order valence-electron chi connectivity index (χ1n) is 6.72. The van der Waals surface area contributed by atoms with Gasteiger partial charge >= 0.3 is 0 Å². The standard InChI is InChI=1S/C14H29N/c1-11(2)10-13-6-8-14(9-7-13)15(5)12(3)4/h11-14H,6-10H2,1-5H3. The average Bonchev–Trinajstić information content (AvgIpc) is 2.17. The molecule has 15 heavy (non-hydrogen) atoms. The molecule has 0 N–H and O–H groups in total. The van der Waals surface area contributed by atoms with E-state index in [-0.39, 0.29) is 0 Å². The normalized spacial score (nSPS) is 28.0. The lowest BCUT2D eigenvalue weighted by molar-refractivity contribution is 0.129. The second-order valence-corrected chi connectivity index (χ2v) is 6.06. The van der Waals surface area contributed by atoms with Gasteiger partial charge in [-0.3, -0.25) is 0 Å². The topological polar surface area (TPSA) is 3.24 Å². The molecule has 0 bridgehead atoms. The molecule has 1 aliphatic rings. The molecule has 0 unspecified atom stereocenters. The van der Waals surface area contributed by atoms with E-state index >= 15 is 0 Å². The zero-order chi connectivity index (χ0) is 11.4. The third-order valence-corrected chi connectivity index (χ3v) is 4.01. The van der Waals surface area contributed by atoms with Gasteiger partial charge < -0.3 is 4.90 Å². The van der Waals surface area contributed by atoms with Crippen LogP contribution in [0.1, 0.15) is 59.8 Å². The van der Waals surface area contributed by atoms with Crippen molar-refractivity contribution in [3.63, 3.8) is 0 Å². The maximum absolute atomic E-state index is 2.56. The summed E-state index contributed by atoms with van der Waals surface area (Å²) in [5.41, 5.74) is 0. The summed E-state index contributed by atoms with van der Waals surface area (Å²) in [7, 11) is 2.29. The van der Waals surface area contributed by atoms with Crippen LogP contribution in [0.15, 0.2) is 0 Å². The minimum absolute atomic E-state index is 0.705. The Morgan fingerprint density at radius 1 is 1.00 bits per heavy atom. The quantitative estimate of drug-likeness (QED) is 0.681. The number of nitrogens with zero attached hydrogens (tertiary/aromatic N) is 1. The number of rotatable bonds is 4. The minimum atomic E-state index is 0.705. The summed E-state index contributed by atoms with van der Waals surface area (Å²) in [5, 5.41) is 0. The molecule has 0 amide bonds. The maximum atomic E-state index is 2.56. The molecule has 1 aliphatic carbocycles. The Morgan fingerprint density at radius 2 is 1.53 bits per heavy atom. The van der Waals surface area contributed by atoms with Crippen LogP contribution in [0, 0.1) is 11.8 Å². The molecule has 0 aromatic carbocycles. The molecule has 0 spiro atoms. The van der Waals surface area contributed by atoms with Crippen LogP contribution in [-0.4, -0.2) is 24.0 Å². The van der Waals surface area contributed by atoms with E-state index in [4.69, 9.17) is 0 Å². The third kappa shape index (κ3) is 4.14. The summed E-state index contributed by atoms with van der Waals surface area (Å²) in [5.74, 6) is 1.90. The first kappa shape index (κ1) is 13.0. The summed E-state index contributed by atoms with van der Waals surface area (Å²) in [4.78, 5) is 2.56. The van der Waals surface area contributed by atoms with Crippen molar-refractivity contribution < 1.29 is 0 Å². The molecule has 0 aromatic rings. The fourth-order valence-corrected chi connectivity index (χ4v) is 2.88. The fourth-order valence-electron chi connectivity index (χ4n) is 2.88. The Hall–Kier alpha value is -0.0400. The minimum Gasteiger partial charge on any atom is -0.301 e. The molecule has 0 heterocycles. The van der Waals surface area contributed by atoms with Crippen LogP contribution >= 0.6 is 0 Å². The van der Waals surface area contributed by atoms with E-state index in [1.807, 2.05) is 0 Å². The lowest BCUT2D eigenvalue weighted by Crippen LogP contribution is -2.39. The van der Waals surface area contributed by atoms with E-state index in [9.17, 15) is 0 Å². The van der Waals surface area contributed by atoms with Crippen molar-refractivity contribution in [2.45, 2.75) is 71.9 Å². The highest BCUT2D eigenvalue weighted by atomic mass is 15.1. The van der Waals surface area contributed by atoms with Crippen LogP contribution in [0.4, 0.5) is 0 Å². The zero-order valence-electron chi connectivity index (χ0n) is 11.3. The maximum Gasteiger partial charge on any atom is 0.00951 e. The molecule has 1 heteroatoms. The van der Waals surface area contributed by atoms with Gasteiger partial charge in [0.25, 0.3) is 0 Å². The lowest BCUT2D eigenvalue weighted by Gasteiger charge is -2.37. The average molecular weight is 211 g/mol.